The van der Waals surface area contributed by atoms with Crippen molar-refractivity contribution in [1.82, 2.24) is 0 Å². The first-order valence-electron chi connectivity index (χ1n) is 9.76. The maximum Gasteiger partial charge on any atom is 0.428 e. The van der Waals surface area contributed by atoms with Gasteiger partial charge in [-0.15, -0.1) is 0 Å². The topological polar surface area (TPSA) is 55.8 Å². The Hall–Kier alpha value is -1.29. The van der Waals surface area contributed by atoms with Crippen molar-refractivity contribution in [3.05, 3.63) is 12.2 Å². The third kappa shape index (κ3) is 3.43. The van der Waals surface area contributed by atoms with Crippen LogP contribution in [0.5, 0.6) is 0 Å². The van der Waals surface area contributed by atoms with E-state index in [0.29, 0.717) is 25.7 Å². The number of aliphatic hydroxyl groups is 1. The van der Waals surface area contributed by atoms with E-state index in [-0.39, 0.29) is 23.8 Å². The maximum absolute atomic E-state index is 13.0. The van der Waals surface area contributed by atoms with Gasteiger partial charge < -0.3 is 14.6 Å². The van der Waals surface area contributed by atoms with Gasteiger partial charge in [0.1, 0.15) is 5.60 Å². The molecule has 4 aliphatic carbocycles. The van der Waals surface area contributed by atoms with Gasteiger partial charge in [-0.2, -0.15) is 26.3 Å². The highest BCUT2D eigenvalue weighted by molar-refractivity contribution is 5.87. The molecule has 0 amide bonds. The first-order chi connectivity index (χ1) is 13.4. The van der Waals surface area contributed by atoms with Gasteiger partial charge in [0, 0.05) is 11.0 Å². The fraction of sp³-hybridized carbons (Fsp3) is 0.850. The summed E-state index contributed by atoms with van der Waals surface area (Å²) in [5.41, 5.74) is -7.73. The molecule has 0 aromatic carbocycles. The Balaban J connectivity index is 1.83. The van der Waals surface area contributed by atoms with Gasteiger partial charge in [0.15, 0.2) is 0 Å². The van der Waals surface area contributed by atoms with E-state index in [4.69, 9.17) is 9.47 Å². The average molecular weight is 444 g/mol. The number of hydrogen-bond donors (Lipinski definition) is 1. The number of halogens is 6. The number of esters is 1. The van der Waals surface area contributed by atoms with Gasteiger partial charge in [0.2, 0.25) is 0 Å². The lowest BCUT2D eigenvalue weighted by Gasteiger charge is -2.53. The molecule has 172 valence electrons. The Morgan fingerprint density at radius 1 is 1.03 bits per heavy atom. The summed E-state index contributed by atoms with van der Waals surface area (Å²) in [6, 6.07) is 0. The standard InChI is InChI=1S/C20H26F6O4/c1-11(2)14(27)30-17-7-12-5-16(9-17,6-13(12)8-17)15(3,4)29-10-18(28,19(21,22)23)20(24,25)26/h12-13,28H,1,5-10H2,2-4H3. The Bertz CT molecular complexity index is 711. The van der Waals surface area contributed by atoms with E-state index >= 15 is 0 Å². The second-order valence-electron chi connectivity index (χ2n) is 9.80. The SMILES string of the molecule is C=C(C)C(=O)OC12CC3CC(C(C)(C)OCC(O)(C(F)(F)F)C(F)(F)F)(CC3C1)C2. The van der Waals surface area contributed by atoms with Crippen LogP contribution < -0.4 is 0 Å². The zero-order valence-corrected chi connectivity index (χ0v) is 17.0. The summed E-state index contributed by atoms with van der Waals surface area (Å²) in [4.78, 5) is 12.1. The molecule has 4 bridgehead atoms. The smallest absolute Gasteiger partial charge is 0.428 e. The lowest BCUT2D eigenvalue weighted by molar-refractivity contribution is -0.385. The summed E-state index contributed by atoms with van der Waals surface area (Å²) >= 11 is 0. The van der Waals surface area contributed by atoms with Gasteiger partial charge in [-0.05, 0) is 64.7 Å². The van der Waals surface area contributed by atoms with E-state index in [1.165, 1.54) is 20.8 Å². The quantitative estimate of drug-likeness (QED) is 0.367. The van der Waals surface area contributed by atoms with Crippen molar-refractivity contribution < 1.29 is 45.7 Å². The first kappa shape index (κ1) is 23.4. The Morgan fingerprint density at radius 2 is 1.50 bits per heavy atom. The monoisotopic (exact) mass is 444 g/mol. The molecule has 0 spiro atoms. The van der Waals surface area contributed by atoms with Crippen molar-refractivity contribution in [2.24, 2.45) is 17.3 Å². The lowest BCUT2D eigenvalue weighted by atomic mass is 9.59. The maximum atomic E-state index is 13.0. The number of carbonyl (C=O) groups is 1. The molecule has 2 unspecified atom stereocenters. The number of alkyl halides is 6. The Kier molecular flexibility index (Phi) is 5.15. The molecular weight excluding hydrogens is 418 g/mol. The number of rotatable bonds is 6. The molecule has 2 atom stereocenters. The molecule has 4 nitrogen and oxygen atoms in total. The van der Waals surface area contributed by atoms with Crippen LogP contribution in [0.15, 0.2) is 12.2 Å². The largest absolute Gasteiger partial charge is 0.456 e. The molecule has 1 N–H and O–H groups in total. The second kappa shape index (κ2) is 6.60. The summed E-state index contributed by atoms with van der Waals surface area (Å²) < 4.78 is 89.1. The molecule has 4 aliphatic rings. The fourth-order valence-corrected chi connectivity index (χ4v) is 5.71. The number of hydrogen-bond acceptors (Lipinski definition) is 4. The van der Waals surface area contributed by atoms with Crippen LogP contribution in [-0.2, 0) is 14.3 Å². The molecular formula is C20H26F6O4. The van der Waals surface area contributed by atoms with Gasteiger partial charge in [-0.3, -0.25) is 0 Å². The lowest BCUT2D eigenvalue weighted by Crippen LogP contribution is -2.62. The Morgan fingerprint density at radius 3 is 1.90 bits per heavy atom. The van der Waals surface area contributed by atoms with Crippen LogP contribution >= 0.6 is 0 Å². The van der Waals surface area contributed by atoms with E-state index < -0.39 is 47.1 Å². The highest BCUT2D eigenvalue weighted by Gasteiger charge is 2.72. The summed E-state index contributed by atoms with van der Waals surface area (Å²) in [6.45, 7) is 6.00. The highest BCUT2D eigenvalue weighted by atomic mass is 19.4. The van der Waals surface area contributed by atoms with Gasteiger partial charge in [-0.1, -0.05) is 6.58 Å². The zero-order valence-electron chi connectivity index (χ0n) is 17.0. The minimum absolute atomic E-state index is 0.156. The van der Waals surface area contributed by atoms with E-state index in [9.17, 15) is 36.2 Å². The van der Waals surface area contributed by atoms with Crippen LogP contribution in [0, 0.1) is 17.3 Å². The minimum atomic E-state index is -5.94. The molecule has 10 heteroatoms. The van der Waals surface area contributed by atoms with Crippen LogP contribution in [-0.4, -0.2) is 46.8 Å². The van der Waals surface area contributed by atoms with Crippen LogP contribution in [0.3, 0.4) is 0 Å². The third-order valence-corrected chi connectivity index (χ3v) is 7.42. The number of ether oxygens (including phenoxy) is 2. The van der Waals surface area contributed by atoms with E-state index in [1.807, 2.05) is 0 Å². The van der Waals surface area contributed by atoms with Crippen molar-refractivity contribution in [3.63, 3.8) is 0 Å². The van der Waals surface area contributed by atoms with Crippen LogP contribution in [0.1, 0.15) is 52.9 Å². The van der Waals surface area contributed by atoms with Crippen LogP contribution in [0.25, 0.3) is 0 Å². The molecule has 4 saturated carbocycles. The van der Waals surface area contributed by atoms with E-state index in [2.05, 4.69) is 6.58 Å². The molecule has 0 radical (unpaired) electrons. The molecule has 0 aromatic rings. The van der Waals surface area contributed by atoms with E-state index in [1.54, 1.807) is 0 Å². The predicted octanol–water partition coefficient (Wildman–Crippen LogP) is 4.71. The molecule has 0 aliphatic heterocycles. The summed E-state index contributed by atoms with van der Waals surface area (Å²) in [5, 5.41) is 9.45. The van der Waals surface area contributed by atoms with Crippen LogP contribution in [0.4, 0.5) is 26.3 Å². The summed E-state index contributed by atoms with van der Waals surface area (Å²) in [7, 11) is 0. The van der Waals surface area contributed by atoms with Gasteiger partial charge in [0.05, 0.1) is 12.2 Å². The van der Waals surface area contributed by atoms with Gasteiger partial charge >= 0.3 is 18.3 Å². The van der Waals surface area contributed by atoms with Crippen LogP contribution in [0.2, 0.25) is 0 Å². The Labute approximate surface area is 170 Å². The third-order valence-electron chi connectivity index (χ3n) is 7.42. The molecule has 30 heavy (non-hydrogen) atoms. The first-order valence-corrected chi connectivity index (χ1v) is 9.76. The van der Waals surface area contributed by atoms with E-state index in [0.717, 1.165) is 0 Å². The van der Waals surface area contributed by atoms with Crippen molar-refractivity contribution in [2.45, 2.75) is 82.0 Å². The van der Waals surface area contributed by atoms with Gasteiger partial charge in [-0.25, -0.2) is 4.79 Å². The van der Waals surface area contributed by atoms with Crippen molar-refractivity contribution in [1.29, 1.82) is 0 Å². The van der Waals surface area contributed by atoms with Crippen molar-refractivity contribution >= 4 is 5.97 Å². The summed E-state index contributed by atoms with van der Waals surface area (Å²) in [5.74, 6) is -0.248. The van der Waals surface area contributed by atoms with Gasteiger partial charge in [0.25, 0.3) is 5.60 Å². The second-order valence-corrected chi connectivity index (χ2v) is 9.80. The molecule has 0 aromatic heterocycles. The number of carbonyl (C=O) groups excluding carboxylic acids is 1. The minimum Gasteiger partial charge on any atom is -0.456 e. The molecule has 0 heterocycles. The zero-order chi connectivity index (χ0) is 23.0. The average Bonchev–Trinajstić information content (AvgIpc) is 2.95. The summed E-state index contributed by atoms with van der Waals surface area (Å²) in [6.07, 6.45) is -9.24. The molecule has 4 rings (SSSR count). The normalized spacial score (nSPS) is 33.8. The van der Waals surface area contributed by atoms with Crippen molar-refractivity contribution in [2.75, 3.05) is 6.61 Å². The predicted molar refractivity (Wildman–Crippen MR) is 93.2 cm³/mol. The fourth-order valence-electron chi connectivity index (χ4n) is 5.71. The van der Waals surface area contributed by atoms with Crippen molar-refractivity contribution in [3.8, 4) is 0 Å². The highest BCUT2D eigenvalue weighted by Crippen LogP contribution is 2.70. The molecule has 4 fully saturated rings. The molecule has 0 saturated heterocycles.